The molecule has 0 aliphatic carbocycles. The first kappa shape index (κ1) is 5.82. The van der Waals surface area contributed by atoms with Crippen molar-refractivity contribution in [3.8, 4) is 4.20 Å². The van der Waals surface area contributed by atoms with E-state index in [1.54, 1.807) is 0 Å². The van der Waals surface area contributed by atoms with Crippen LogP contribution in [0.3, 0.4) is 0 Å². The first-order valence-electron chi connectivity index (χ1n) is 2.36. The minimum absolute atomic E-state index is 1.20. The first-order valence-corrected chi connectivity index (χ1v) is 3.83. The summed E-state index contributed by atoms with van der Waals surface area (Å²) < 4.78 is 3.11. The number of benzene rings is 1. The molecular weight excluding hydrogens is 268 g/mol. The van der Waals surface area contributed by atoms with Gasteiger partial charge in [0, 0.05) is 0 Å². The Hall–Kier alpha value is -0.312. The summed E-state index contributed by atoms with van der Waals surface area (Å²) in [5, 5.41) is 0. The SMILES string of the molecule is [W]#[C]c1ccccc1. The molecule has 0 atom stereocenters. The van der Waals surface area contributed by atoms with Gasteiger partial charge in [0.05, 0.1) is 0 Å². The molecule has 0 fully saturated rings. The third-order valence-electron chi connectivity index (χ3n) is 0.892. The molecule has 0 aliphatic heterocycles. The van der Waals surface area contributed by atoms with Gasteiger partial charge in [0.15, 0.2) is 0 Å². The summed E-state index contributed by atoms with van der Waals surface area (Å²) in [6, 6.07) is 10.1. The van der Waals surface area contributed by atoms with Crippen LogP contribution < -0.4 is 0 Å². The molecule has 0 saturated heterocycles. The van der Waals surface area contributed by atoms with Gasteiger partial charge >= 0.3 is 59.3 Å². The molecule has 1 aromatic rings. The fraction of sp³-hybridized carbons (Fsp3) is 0. The normalized spacial score (nSPS) is 7.88. The van der Waals surface area contributed by atoms with E-state index in [0.717, 1.165) is 0 Å². The molecule has 39 valence electrons. The van der Waals surface area contributed by atoms with Crippen LogP contribution in [0.2, 0.25) is 0 Å². The molecule has 1 rings (SSSR count). The van der Waals surface area contributed by atoms with E-state index >= 15 is 0 Å². The van der Waals surface area contributed by atoms with E-state index in [-0.39, 0.29) is 0 Å². The van der Waals surface area contributed by atoms with E-state index in [2.05, 4.69) is 4.20 Å². The van der Waals surface area contributed by atoms with Gasteiger partial charge in [-0.1, -0.05) is 0 Å². The number of hydrogen-bond donors (Lipinski definition) is 0. The fourth-order valence-corrected chi connectivity index (χ4v) is 0.995. The number of rotatable bonds is 0. The maximum absolute atomic E-state index is 3.11. The second kappa shape index (κ2) is 2.87. The van der Waals surface area contributed by atoms with Crippen LogP contribution in [0.25, 0.3) is 0 Å². The van der Waals surface area contributed by atoms with Crippen LogP contribution in [0.5, 0.6) is 0 Å². The van der Waals surface area contributed by atoms with E-state index in [4.69, 9.17) is 0 Å². The topological polar surface area (TPSA) is 0 Å². The average Bonchev–Trinajstić information content (AvgIpc) is 1.90. The predicted octanol–water partition coefficient (Wildman–Crippen LogP) is 1.54. The monoisotopic (exact) mass is 273 g/mol. The van der Waals surface area contributed by atoms with Crippen molar-refractivity contribution in [3.63, 3.8) is 0 Å². The second-order valence-electron chi connectivity index (χ2n) is 1.47. The Morgan fingerprint density at radius 1 is 1.12 bits per heavy atom. The van der Waals surface area contributed by atoms with Gasteiger partial charge in [-0.25, -0.2) is 0 Å². The van der Waals surface area contributed by atoms with Crippen molar-refractivity contribution in [1.82, 2.24) is 0 Å². The summed E-state index contributed by atoms with van der Waals surface area (Å²) in [5.74, 6) is 0. The van der Waals surface area contributed by atoms with Crippen molar-refractivity contribution < 1.29 is 19.2 Å². The predicted molar refractivity (Wildman–Crippen MR) is 29.4 cm³/mol. The van der Waals surface area contributed by atoms with Crippen LogP contribution in [0.4, 0.5) is 0 Å². The zero-order chi connectivity index (χ0) is 5.82. The van der Waals surface area contributed by atoms with Gasteiger partial charge in [-0.15, -0.1) is 0 Å². The van der Waals surface area contributed by atoms with Crippen molar-refractivity contribution in [2.45, 2.75) is 0 Å². The van der Waals surface area contributed by atoms with Crippen molar-refractivity contribution in [1.29, 1.82) is 0 Å². The van der Waals surface area contributed by atoms with Crippen LogP contribution >= 0.6 is 0 Å². The molecule has 0 aliphatic rings. The van der Waals surface area contributed by atoms with Gasteiger partial charge in [-0.3, -0.25) is 0 Å². The molecule has 0 N–H and O–H groups in total. The van der Waals surface area contributed by atoms with Gasteiger partial charge in [-0.05, 0) is 0 Å². The van der Waals surface area contributed by atoms with Crippen molar-refractivity contribution in [2.75, 3.05) is 0 Å². The Morgan fingerprint density at radius 2 is 1.75 bits per heavy atom. The van der Waals surface area contributed by atoms with Crippen LogP contribution in [0.15, 0.2) is 30.3 Å². The second-order valence-corrected chi connectivity index (χ2v) is 2.20. The third-order valence-corrected chi connectivity index (χ3v) is 1.74. The minimum atomic E-state index is 1.20. The maximum atomic E-state index is 3.11. The van der Waals surface area contributed by atoms with Crippen LogP contribution in [0, 0.1) is 4.20 Å². The average molecular weight is 273 g/mol. The molecule has 0 spiro atoms. The van der Waals surface area contributed by atoms with Gasteiger partial charge in [-0.2, -0.15) is 0 Å². The number of hydrogen-bond acceptors (Lipinski definition) is 0. The van der Waals surface area contributed by atoms with Gasteiger partial charge < -0.3 is 0 Å². The Morgan fingerprint density at radius 3 is 2.12 bits per heavy atom. The Labute approximate surface area is 59.6 Å². The van der Waals surface area contributed by atoms with Crippen LogP contribution in [0.1, 0.15) is 5.56 Å². The summed E-state index contributed by atoms with van der Waals surface area (Å²) in [4.78, 5) is 0. The van der Waals surface area contributed by atoms with Gasteiger partial charge in [0.2, 0.25) is 0 Å². The molecule has 0 unspecified atom stereocenters. The first-order chi connectivity index (χ1) is 3.93. The Balaban J connectivity index is 3.05. The molecule has 0 heterocycles. The third kappa shape index (κ3) is 1.33. The van der Waals surface area contributed by atoms with E-state index in [1.165, 1.54) is 24.7 Å². The van der Waals surface area contributed by atoms with Crippen molar-refractivity contribution >= 4 is 0 Å². The molecule has 1 heteroatoms. The van der Waals surface area contributed by atoms with E-state index in [9.17, 15) is 0 Å². The molecule has 0 amide bonds. The summed E-state index contributed by atoms with van der Waals surface area (Å²) >= 11 is 1.38. The van der Waals surface area contributed by atoms with Crippen molar-refractivity contribution in [2.24, 2.45) is 0 Å². The molecular formula is C7H5W. The van der Waals surface area contributed by atoms with E-state index in [1.807, 2.05) is 30.3 Å². The zero-order valence-corrected chi connectivity index (χ0v) is 7.23. The van der Waals surface area contributed by atoms with Gasteiger partial charge in [0.1, 0.15) is 0 Å². The fourth-order valence-electron chi connectivity index (χ4n) is 0.506. The summed E-state index contributed by atoms with van der Waals surface area (Å²) in [6.07, 6.45) is 0. The zero-order valence-electron chi connectivity index (χ0n) is 4.29. The Bertz CT molecular complexity index is 195. The molecule has 8 heavy (non-hydrogen) atoms. The van der Waals surface area contributed by atoms with E-state index < -0.39 is 0 Å². The van der Waals surface area contributed by atoms with Crippen molar-refractivity contribution in [3.05, 3.63) is 35.9 Å². The summed E-state index contributed by atoms with van der Waals surface area (Å²) in [7, 11) is 0. The summed E-state index contributed by atoms with van der Waals surface area (Å²) in [6.45, 7) is 0. The molecule has 0 saturated carbocycles. The molecule has 0 radical (unpaired) electrons. The molecule has 0 bridgehead atoms. The standard InChI is InChI=1S/C7H5.W/c1-7-5-3-2-4-6-7;/h2-6H;. The molecule has 0 nitrogen and oxygen atoms in total. The Kier molecular flexibility index (Phi) is 2.09. The van der Waals surface area contributed by atoms with Crippen LogP contribution in [-0.4, -0.2) is 0 Å². The quantitative estimate of drug-likeness (QED) is 0.672. The van der Waals surface area contributed by atoms with Crippen LogP contribution in [-0.2, 0) is 19.2 Å². The summed E-state index contributed by atoms with van der Waals surface area (Å²) in [5.41, 5.74) is 1.20. The molecule has 1 aromatic carbocycles. The molecule has 0 aromatic heterocycles. The van der Waals surface area contributed by atoms with Gasteiger partial charge in [0.25, 0.3) is 0 Å². The van der Waals surface area contributed by atoms with E-state index in [0.29, 0.717) is 0 Å².